The van der Waals surface area contributed by atoms with Gasteiger partial charge in [-0.3, -0.25) is 4.90 Å². The van der Waals surface area contributed by atoms with Gasteiger partial charge in [-0.25, -0.2) is 9.79 Å². The number of benzene rings is 1. The van der Waals surface area contributed by atoms with Crippen molar-refractivity contribution in [3.63, 3.8) is 0 Å². The van der Waals surface area contributed by atoms with E-state index in [4.69, 9.17) is 9.15 Å². The maximum Gasteiger partial charge on any atom is 0.341 e. The van der Waals surface area contributed by atoms with Crippen LogP contribution < -0.4 is 10.6 Å². The zero-order valence-corrected chi connectivity index (χ0v) is 21.0. The van der Waals surface area contributed by atoms with Gasteiger partial charge in [0.05, 0.1) is 7.11 Å². The fraction of sp³-hybridized carbons (Fsp3) is 0.478. The Kier molecular flexibility index (Phi) is 9.83. The van der Waals surface area contributed by atoms with Crippen molar-refractivity contribution >= 4 is 35.9 Å². The highest BCUT2D eigenvalue weighted by molar-refractivity contribution is 14.0. The first kappa shape index (κ1) is 25.2. The van der Waals surface area contributed by atoms with E-state index in [1.807, 2.05) is 6.92 Å². The predicted molar refractivity (Wildman–Crippen MR) is 133 cm³/mol. The van der Waals surface area contributed by atoms with Gasteiger partial charge in [0.2, 0.25) is 0 Å². The lowest BCUT2D eigenvalue weighted by Gasteiger charge is -2.21. The summed E-state index contributed by atoms with van der Waals surface area (Å²) in [6, 6.07) is 13.1. The first-order valence-electron chi connectivity index (χ1n) is 10.5. The van der Waals surface area contributed by atoms with E-state index < -0.39 is 5.97 Å². The molecular formula is C23H33IN4O3. The first-order valence-corrected chi connectivity index (χ1v) is 10.5. The van der Waals surface area contributed by atoms with Crippen molar-refractivity contribution in [1.29, 1.82) is 0 Å². The topological polar surface area (TPSA) is 79.1 Å². The third-order valence-corrected chi connectivity index (χ3v) is 5.38. The fourth-order valence-electron chi connectivity index (χ4n) is 3.85. The quantitative estimate of drug-likeness (QED) is 0.241. The van der Waals surface area contributed by atoms with Crippen molar-refractivity contribution in [3.8, 4) is 0 Å². The second-order valence-corrected chi connectivity index (χ2v) is 7.71. The zero-order chi connectivity index (χ0) is 21.5. The molecule has 0 bridgehead atoms. The van der Waals surface area contributed by atoms with E-state index in [1.165, 1.54) is 12.7 Å². The van der Waals surface area contributed by atoms with E-state index >= 15 is 0 Å². The number of hydrogen-bond donors (Lipinski definition) is 2. The molecular weight excluding hydrogens is 507 g/mol. The first-order chi connectivity index (χ1) is 14.5. The summed E-state index contributed by atoms with van der Waals surface area (Å²) in [6.45, 7) is 9.11. The molecule has 3 rings (SSSR count). The third kappa shape index (κ3) is 6.96. The average molecular weight is 540 g/mol. The average Bonchev–Trinajstić information content (AvgIpc) is 3.28. The SMILES string of the molecule is CCNC(=NCc1cc(C(=O)OC)c(C)o1)NC1CC(C)N(Cc2ccccc2)C1.I. The molecule has 1 aromatic carbocycles. The fourth-order valence-corrected chi connectivity index (χ4v) is 3.85. The van der Waals surface area contributed by atoms with Crippen LogP contribution in [0.1, 0.15) is 47.7 Å². The summed E-state index contributed by atoms with van der Waals surface area (Å²) in [4.78, 5) is 18.9. The number of halogens is 1. The molecule has 1 aliphatic rings. The van der Waals surface area contributed by atoms with E-state index in [0.29, 0.717) is 35.7 Å². The number of likely N-dealkylation sites (tertiary alicyclic amines) is 1. The Balaban J connectivity index is 0.00000341. The van der Waals surface area contributed by atoms with Crippen LogP contribution in [0.2, 0.25) is 0 Å². The minimum absolute atomic E-state index is 0. The number of hydrogen-bond acceptors (Lipinski definition) is 5. The zero-order valence-electron chi connectivity index (χ0n) is 18.7. The molecule has 0 spiro atoms. The van der Waals surface area contributed by atoms with Crippen molar-refractivity contribution < 1.29 is 13.9 Å². The number of aliphatic imine (C=N–C) groups is 1. The summed E-state index contributed by atoms with van der Waals surface area (Å²) in [5, 5.41) is 6.85. The normalized spacial score (nSPS) is 19.0. The molecule has 2 unspecified atom stereocenters. The van der Waals surface area contributed by atoms with Gasteiger partial charge in [0.15, 0.2) is 5.96 Å². The third-order valence-electron chi connectivity index (χ3n) is 5.38. The maximum absolute atomic E-state index is 11.8. The highest BCUT2D eigenvalue weighted by Gasteiger charge is 2.29. The van der Waals surface area contributed by atoms with E-state index in [-0.39, 0.29) is 24.0 Å². The number of carbonyl (C=O) groups is 1. The summed E-state index contributed by atoms with van der Waals surface area (Å²) in [5.74, 6) is 1.54. The van der Waals surface area contributed by atoms with Gasteiger partial charge in [-0.1, -0.05) is 30.3 Å². The Morgan fingerprint density at radius 3 is 2.74 bits per heavy atom. The molecule has 0 aliphatic carbocycles. The molecule has 0 amide bonds. The Morgan fingerprint density at radius 1 is 1.32 bits per heavy atom. The Hall–Kier alpha value is -2.07. The van der Waals surface area contributed by atoms with Crippen LogP contribution in [0.15, 0.2) is 45.8 Å². The summed E-state index contributed by atoms with van der Waals surface area (Å²) in [6.07, 6.45) is 1.06. The van der Waals surface area contributed by atoms with Crippen LogP contribution in [0.25, 0.3) is 0 Å². The molecule has 2 N–H and O–H groups in total. The van der Waals surface area contributed by atoms with E-state index in [2.05, 4.69) is 57.8 Å². The van der Waals surface area contributed by atoms with Gasteiger partial charge in [0, 0.05) is 31.7 Å². The molecule has 0 radical (unpaired) electrons. The van der Waals surface area contributed by atoms with Crippen LogP contribution in [0.5, 0.6) is 0 Å². The Labute approximate surface area is 201 Å². The van der Waals surface area contributed by atoms with Gasteiger partial charge in [-0.15, -0.1) is 24.0 Å². The van der Waals surface area contributed by atoms with Crippen molar-refractivity contribution in [3.05, 3.63) is 59.0 Å². The molecule has 7 nitrogen and oxygen atoms in total. The molecule has 1 fully saturated rings. The number of guanidine groups is 1. The van der Waals surface area contributed by atoms with Crippen LogP contribution in [-0.4, -0.2) is 49.1 Å². The van der Waals surface area contributed by atoms with Crippen LogP contribution in [-0.2, 0) is 17.8 Å². The van der Waals surface area contributed by atoms with Crippen LogP contribution in [0, 0.1) is 6.92 Å². The number of nitrogens with zero attached hydrogens (tertiary/aromatic N) is 2. The predicted octanol–water partition coefficient (Wildman–Crippen LogP) is 3.71. The van der Waals surface area contributed by atoms with Gasteiger partial charge in [0.1, 0.15) is 23.6 Å². The van der Waals surface area contributed by atoms with Gasteiger partial charge in [-0.05, 0) is 38.8 Å². The summed E-state index contributed by atoms with van der Waals surface area (Å²) < 4.78 is 10.4. The minimum atomic E-state index is -0.394. The maximum atomic E-state index is 11.8. The van der Waals surface area contributed by atoms with Crippen LogP contribution >= 0.6 is 24.0 Å². The minimum Gasteiger partial charge on any atom is -0.465 e. The second-order valence-electron chi connectivity index (χ2n) is 7.71. The Bertz CT molecular complexity index is 869. The number of carbonyl (C=O) groups excluding carboxylic acids is 1. The molecule has 31 heavy (non-hydrogen) atoms. The lowest BCUT2D eigenvalue weighted by atomic mass is 10.2. The number of furan rings is 1. The molecule has 1 aromatic heterocycles. The second kappa shape index (κ2) is 12.1. The smallest absolute Gasteiger partial charge is 0.341 e. The van der Waals surface area contributed by atoms with Gasteiger partial charge < -0.3 is 19.8 Å². The van der Waals surface area contributed by atoms with Gasteiger partial charge in [0.25, 0.3) is 0 Å². The molecule has 1 saturated heterocycles. The van der Waals surface area contributed by atoms with E-state index in [9.17, 15) is 4.79 Å². The molecule has 1 aliphatic heterocycles. The largest absolute Gasteiger partial charge is 0.465 e. The highest BCUT2D eigenvalue weighted by atomic mass is 127. The summed E-state index contributed by atoms with van der Waals surface area (Å²) in [5.41, 5.74) is 1.78. The lowest BCUT2D eigenvalue weighted by molar-refractivity contribution is 0.0599. The highest BCUT2D eigenvalue weighted by Crippen LogP contribution is 2.20. The molecule has 2 heterocycles. The lowest BCUT2D eigenvalue weighted by Crippen LogP contribution is -2.44. The van der Waals surface area contributed by atoms with Gasteiger partial charge in [-0.2, -0.15) is 0 Å². The summed E-state index contributed by atoms with van der Waals surface area (Å²) in [7, 11) is 1.36. The van der Waals surface area contributed by atoms with Crippen molar-refractivity contribution in [2.24, 2.45) is 4.99 Å². The van der Waals surface area contributed by atoms with Crippen molar-refractivity contribution in [2.75, 3.05) is 20.2 Å². The molecule has 8 heteroatoms. The standard InChI is InChI=1S/C23H32N4O3.HI/c1-5-24-23(25-13-20-12-21(17(3)30-20)22(28)29-4)26-19-11-16(2)27(15-19)14-18-9-7-6-8-10-18;/h6-10,12,16,19H,5,11,13-15H2,1-4H3,(H2,24,25,26);1H. The van der Waals surface area contributed by atoms with Crippen molar-refractivity contribution in [1.82, 2.24) is 15.5 Å². The number of ether oxygens (including phenoxy) is 1. The number of methoxy groups -OCH3 is 1. The van der Waals surface area contributed by atoms with E-state index in [1.54, 1.807) is 13.0 Å². The molecule has 0 saturated carbocycles. The molecule has 170 valence electrons. The molecule has 2 atom stereocenters. The number of nitrogens with one attached hydrogen (secondary N) is 2. The Morgan fingerprint density at radius 2 is 2.06 bits per heavy atom. The van der Waals surface area contributed by atoms with E-state index in [0.717, 1.165) is 32.0 Å². The summed E-state index contributed by atoms with van der Waals surface area (Å²) >= 11 is 0. The molecule has 2 aromatic rings. The monoisotopic (exact) mass is 540 g/mol. The number of esters is 1. The van der Waals surface area contributed by atoms with Crippen molar-refractivity contribution in [2.45, 2.75) is 52.4 Å². The number of aryl methyl sites for hydroxylation is 1. The van der Waals surface area contributed by atoms with Crippen LogP contribution in [0.3, 0.4) is 0 Å². The van der Waals surface area contributed by atoms with Crippen LogP contribution in [0.4, 0.5) is 0 Å². The number of rotatable bonds is 7. The van der Waals surface area contributed by atoms with Gasteiger partial charge >= 0.3 is 5.97 Å².